The van der Waals surface area contributed by atoms with Crippen molar-refractivity contribution in [1.29, 1.82) is 0 Å². The predicted octanol–water partition coefficient (Wildman–Crippen LogP) is -0.836. The number of hydrogen-bond donors (Lipinski definition) is 4. The fourth-order valence-electron chi connectivity index (χ4n) is 2.91. The molecule has 0 aromatic carbocycles. The Kier molecular flexibility index (Phi) is 4.47. The quantitative estimate of drug-likeness (QED) is 0.467. The molecule has 24 heavy (non-hydrogen) atoms. The van der Waals surface area contributed by atoms with Crippen LogP contribution in [0.5, 0.6) is 0 Å². The highest BCUT2D eigenvalue weighted by atomic mass is 31.2. The number of carbonyl (C=O) groups excluding carboxylic acids is 1. The average Bonchev–Trinajstić information content (AvgIpc) is 2.90. The Hall–Kier alpha value is -1.04. The molecule has 3 heterocycles. The summed E-state index contributed by atoms with van der Waals surface area (Å²) in [4.78, 5) is 31.1. The molecule has 0 aliphatic carbocycles. The minimum atomic E-state index is -4.66. The second-order valence-electron chi connectivity index (χ2n) is 6.14. The van der Waals surface area contributed by atoms with Crippen molar-refractivity contribution in [2.75, 3.05) is 6.61 Å². The average molecular weight is 365 g/mol. The van der Waals surface area contributed by atoms with E-state index in [-0.39, 0.29) is 0 Å². The molecule has 2 amide bonds. The van der Waals surface area contributed by atoms with Gasteiger partial charge in [-0.25, -0.2) is 9.36 Å². The second kappa shape index (κ2) is 6.04. The number of phosphoric ester groups is 1. The van der Waals surface area contributed by atoms with Crippen LogP contribution in [0.4, 0.5) is 4.79 Å². The van der Waals surface area contributed by atoms with Crippen molar-refractivity contribution in [3.05, 3.63) is 12.3 Å². The van der Waals surface area contributed by atoms with Gasteiger partial charge in [0.05, 0.1) is 12.8 Å². The first-order chi connectivity index (χ1) is 11.1. The number of nitrogens with one attached hydrogen (secondary N) is 1. The highest BCUT2D eigenvalue weighted by Crippen LogP contribution is 2.42. The van der Waals surface area contributed by atoms with E-state index in [0.29, 0.717) is 0 Å². The number of ether oxygens (including phenoxy) is 3. The number of nitrogens with two attached hydrogens (primary N) is 1. The van der Waals surface area contributed by atoms with Crippen LogP contribution in [0.3, 0.4) is 0 Å². The first-order valence-electron chi connectivity index (χ1n) is 7.30. The van der Waals surface area contributed by atoms with Crippen LogP contribution in [0.1, 0.15) is 13.8 Å². The molecule has 3 rings (SSSR count). The fraction of sp³-hybridized carbons (Fsp3) is 0.750. The predicted molar refractivity (Wildman–Crippen MR) is 78.0 cm³/mol. The van der Waals surface area contributed by atoms with E-state index < -0.39 is 57.0 Å². The van der Waals surface area contributed by atoms with E-state index in [2.05, 4.69) is 9.84 Å². The third-order valence-corrected chi connectivity index (χ3v) is 4.27. The maximum Gasteiger partial charge on any atom is 0.469 e. The summed E-state index contributed by atoms with van der Waals surface area (Å²) in [5.41, 5.74) is 5.61. The number of nitrogens with zero attached hydrogens (tertiary/aromatic N) is 1. The van der Waals surface area contributed by atoms with E-state index in [4.69, 9.17) is 29.7 Å². The molecule has 0 bridgehead atoms. The zero-order chi connectivity index (χ0) is 17.7. The molecule has 2 saturated heterocycles. The molecule has 0 aromatic rings. The number of carbonyl (C=O) groups is 1. The summed E-state index contributed by atoms with van der Waals surface area (Å²) in [6.07, 6.45) is -0.496. The molecule has 12 heteroatoms. The molecule has 0 spiro atoms. The highest BCUT2D eigenvalue weighted by Gasteiger charge is 2.57. The first kappa shape index (κ1) is 17.8. The lowest BCUT2D eigenvalue weighted by atomic mass is 10.1. The summed E-state index contributed by atoms with van der Waals surface area (Å²) in [6, 6.07) is -0.474. The summed E-state index contributed by atoms with van der Waals surface area (Å²) in [7, 11) is -4.66. The molecule has 11 nitrogen and oxygen atoms in total. The molecule has 3 aliphatic heterocycles. The van der Waals surface area contributed by atoms with Gasteiger partial charge in [0.25, 0.3) is 0 Å². The zero-order valence-corrected chi connectivity index (χ0v) is 14.0. The third-order valence-electron chi connectivity index (χ3n) is 3.79. The van der Waals surface area contributed by atoms with E-state index >= 15 is 0 Å². The SMILES string of the molecule is CC1(C)O[C@@H]2[C@H](O1)[C@@H](COP(=O)(O)O)O[C@H]2N1C=CC(N)NC1=O. The zero-order valence-electron chi connectivity index (χ0n) is 13.1. The largest absolute Gasteiger partial charge is 0.469 e. The summed E-state index contributed by atoms with van der Waals surface area (Å²) in [5.74, 6) is -0.926. The third kappa shape index (κ3) is 3.63. The maximum absolute atomic E-state index is 12.1. The lowest BCUT2D eigenvalue weighted by Gasteiger charge is -2.33. The van der Waals surface area contributed by atoms with E-state index in [1.807, 2.05) is 0 Å². The summed E-state index contributed by atoms with van der Waals surface area (Å²) in [5, 5.41) is 2.52. The molecule has 5 atom stereocenters. The van der Waals surface area contributed by atoms with Gasteiger partial charge in [-0.15, -0.1) is 0 Å². The van der Waals surface area contributed by atoms with Crippen LogP contribution in [0.25, 0.3) is 0 Å². The van der Waals surface area contributed by atoms with Gasteiger partial charge in [0.1, 0.15) is 18.3 Å². The van der Waals surface area contributed by atoms with Crippen molar-refractivity contribution < 1.29 is 37.9 Å². The van der Waals surface area contributed by atoms with Gasteiger partial charge < -0.3 is 35.0 Å². The molecule has 0 aromatic heterocycles. The number of hydrogen-bond acceptors (Lipinski definition) is 7. The number of phosphoric acid groups is 1. The minimum absolute atomic E-state index is 0.403. The van der Waals surface area contributed by atoms with Crippen molar-refractivity contribution in [2.24, 2.45) is 5.73 Å². The van der Waals surface area contributed by atoms with Crippen molar-refractivity contribution in [2.45, 2.75) is 50.3 Å². The number of amides is 2. The van der Waals surface area contributed by atoms with Crippen LogP contribution in [-0.4, -0.2) is 63.8 Å². The van der Waals surface area contributed by atoms with Gasteiger partial charge >= 0.3 is 13.9 Å². The Balaban J connectivity index is 1.79. The molecule has 0 radical (unpaired) electrons. The molecular weight excluding hydrogens is 345 g/mol. The van der Waals surface area contributed by atoms with Crippen LogP contribution in [0.2, 0.25) is 0 Å². The molecular formula is C12H20N3O8P. The minimum Gasteiger partial charge on any atom is -0.346 e. The fourth-order valence-corrected chi connectivity index (χ4v) is 3.25. The van der Waals surface area contributed by atoms with Gasteiger partial charge in [-0.2, -0.15) is 0 Å². The van der Waals surface area contributed by atoms with Gasteiger partial charge in [0.2, 0.25) is 0 Å². The van der Waals surface area contributed by atoms with Crippen molar-refractivity contribution in [1.82, 2.24) is 10.2 Å². The van der Waals surface area contributed by atoms with E-state index in [0.717, 1.165) is 0 Å². The normalized spacial score (nSPS) is 38.3. The Morgan fingerprint density at radius 2 is 2.08 bits per heavy atom. The van der Waals surface area contributed by atoms with Crippen LogP contribution in [-0.2, 0) is 23.3 Å². The topological polar surface area (TPSA) is 153 Å². The van der Waals surface area contributed by atoms with Gasteiger partial charge in [-0.3, -0.25) is 9.42 Å². The molecule has 2 fully saturated rings. The molecule has 5 N–H and O–H groups in total. The monoisotopic (exact) mass is 365 g/mol. The summed E-state index contributed by atoms with van der Waals surface area (Å²) in [6.45, 7) is 3.00. The standard InChI is InChI=1S/C12H20N3O8P/c1-12(2)22-8-6(5-20-24(17,18)19)21-10(9(8)23-12)15-4-3-7(13)14-11(15)16/h3-4,6-10H,5,13H2,1-2H3,(H,14,16)(H2,17,18,19)/t6-,7?,8-,9-,10-/m1/s1. The van der Waals surface area contributed by atoms with Gasteiger partial charge in [0, 0.05) is 6.20 Å². The first-order valence-corrected chi connectivity index (χ1v) is 8.83. The second-order valence-corrected chi connectivity index (χ2v) is 7.38. The number of urea groups is 1. The number of fused-ring (bicyclic) bond motifs is 1. The smallest absolute Gasteiger partial charge is 0.346 e. The summed E-state index contributed by atoms with van der Waals surface area (Å²) < 4.78 is 32.7. The highest BCUT2D eigenvalue weighted by molar-refractivity contribution is 7.46. The maximum atomic E-state index is 12.1. The van der Waals surface area contributed by atoms with Crippen molar-refractivity contribution in [3.63, 3.8) is 0 Å². The molecule has 1 unspecified atom stereocenters. The Morgan fingerprint density at radius 3 is 2.71 bits per heavy atom. The Labute approximate surface area is 137 Å². The molecule has 136 valence electrons. The van der Waals surface area contributed by atoms with Crippen molar-refractivity contribution >= 4 is 13.9 Å². The van der Waals surface area contributed by atoms with E-state index in [1.165, 1.54) is 11.1 Å². The van der Waals surface area contributed by atoms with E-state index in [1.54, 1.807) is 19.9 Å². The van der Waals surface area contributed by atoms with Gasteiger partial charge in [0.15, 0.2) is 12.0 Å². The van der Waals surface area contributed by atoms with Crippen LogP contribution < -0.4 is 11.1 Å². The van der Waals surface area contributed by atoms with Crippen LogP contribution >= 0.6 is 7.82 Å². The van der Waals surface area contributed by atoms with Crippen molar-refractivity contribution in [3.8, 4) is 0 Å². The van der Waals surface area contributed by atoms with E-state index in [9.17, 15) is 9.36 Å². The molecule has 0 saturated carbocycles. The Bertz CT molecular complexity index is 593. The number of rotatable bonds is 4. The lowest BCUT2D eigenvalue weighted by molar-refractivity contribution is -0.201. The van der Waals surface area contributed by atoms with Crippen LogP contribution in [0, 0.1) is 0 Å². The van der Waals surface area contributed by atoms with Crippen LogP contribution in [0.15, 0.2) is 12.3 Å². The lowest BCUT2D eigenvalue weighted by Crippen LogP contribution is -2.55. The Morgan fingerprint density at radius 1 is 1.42 bits per heavy atom. The summed E-state index contributed by atoms with van der Waals surface area (Å²) >= 11 is 0. The van der Waals surface area contributed by atoms with Gasteiger partial charge in [-0.05, 0) is 19.9 Å². The molecule has 3 aliphatic rings. The van der Waals surface area contributed by atoms with Gasteiger partial charge in [-0.1, -0.05) is 0 Å².